The second kappa shape index (κ2) is 8.96. The van der Waals surface area contributed by atoms with Gasteiger partial charge in [0, 0.05) is 42.0 Å². The SMILES string of the molecule is O=C(O)CCCc1c[nH]c2c(=O)[nH]c3ccc(S(=O)(=O)N(CCO)CCO)cc3c12. The Morgan fingerprint density at radius 3 is 2.47 bits per heavy atom. The van der Waals surface area contributed by atoms with Crippen LogP contribution in [0.15, 0.2) is 34.1 Å². The van der Waals surface area contributed by atoms with Gasteiger partial charge in [0.25, 0.3) is 5.56 Å². The average Bonchev–Trinajstić information content (AvgIpc) is 3.12. The number of hydrogen-bond donors (Lipinski definition) is 5. The summed E-state index contributed by atoms with van der Waals surface area (Å²) in [4.78, 5) is 28.8. The van der Waals surface area contributed by atoms with Crippen molar-refractivity contribution in [1.82, 2.24) is 14.3 Å². The Hall–Kier alpha value is -2.73. The molecule has 0 fully saturated rings. The number of aliphatic carboxylic acids is 1. The number of pyridine rings is 1. The van der Waals surface area contributed by atoms with Crippen LogP contribution in [0.5, 0.6) is 0 Å². The van der Waals surface area contributed by atoms with Crippen LogP contribution in [0.1, 0.15) is 18.4 Å². The van der Waals surface area contributed by atoms with E-state index in [1.54, 1.807) is 6.20 Å². The minimum Gasteiger partial charge on any atom is -0.481 e. The number of rotatable bonds is 10. The fraction of sp³-hybridized carbons (Fsp3) is 0.368. The average molecular weight is 437 g/mol. The molecule has 0 aliphatic carbocycles. The number of carbonyl (C=O) groups is 1. The molecule has 3 rings (SSSR count). The first-order valence-corrected chi connectivity index (χ1v) is 10.8. The standard InChI is InChI=1S/C19H23N3O7S/c23-8-6-22(7-9-24)30(28,29)13-4-5-15-14(10-13)17-12(2-1-3-16(25)26)11-20-18(17)19(27)21-15/h4-5,10-11,20,23-24H,1-3,6-9H2,(H,21,27)(H,25,26). The minimum atomic E-state index is -3.99. The lowest BCUT2D eigenvalue weighted by atomic mass is 10.0. The summed E-state index contributed by atoms with van der Waals surface area (Å²) in [7, 11) is -3.99. The van der Waals surface area contributed by atoms with Crippen molar-refractivity contribution in [3.05, 3.63) is 40.3 Å². The topological polar surface area (TPSA) is 164 Å². The van der Waals surface area contributed by atoms with Gasteiger partial charge < -0.3 is 25.3 Å². The normalized spacial score (nSPS) is 12.2. The van der Waals surface area contributed by atoms with E-state index in [9.17, 15) is 28.2 Å². The number of fused-ring (bicyclic) bond motifs is 3. The number of H-pyrrole nitrogens is 2. The number of hydrogen-bond acceptors (Lipinski definition) is 6. The summed E-state index contributed by atoms with van der Waals surface area (Å²) in [6, 6.07) is 4.30. The highest BCUT2D eigenvalue weighted by Crippen LogP contribution is 2.28. The summed E-state index contributed by atoms with van der Waals surface area (Å²) in [5.41, 5.74) is 1.09. The van der Waals surface area contributed by atoms with Crippen molar-refractivity contribution in [2.45, 2.75) is 24.2 Å². The lowest BCUT2D eigenvalue weighted by molar-refractivity contribution is -0.137. The van der Waals surface area contributed by atoms with Crippen molar-refractivity contribution in [2.24, 2.45) is 0 Å². The molecule has 2 heterocycles. The number of nitrogens with zero attached hydrogens (tertiary/aromatic N) is 1. The van der Waals surface area contributed by atoms with Gasteiger partial charge in [-0.3, -0.25) is 9.59 Å². The van der Waals surface area contributed by atoms with Crippen LogP contribution in [-0.4, -0.2) is 70.3 Å². The first-order chi connectivity index (χ1) is 14.3. The quantitative estimate of drug-likeness (QED) is 0.306. The van der Waals surface area contributed by atoms with Crippen molar-refractivity contribution in [1.29, 1.82) is 0 Å². The van der Waals surface area contributed by atoms with Gasteiger partial charge in [0.2, 0.25) is 10.0 Å². The highest BCUT2D eigenvalue weighted by molar-refractivity contribution is 7.89. The zero-order chi connectivity index (χ0) is 21.9. The molecule has 3 aromatic rings. The monoisotopic (exact) mass is 437 g/mol. The smallest absolute Gasteiger partial charge is 0.303 e. The van der Waals surface area contributed by atoms with Gasteiger partial charge in [0.1, 0.15) is 5.52 Å². The Bertz CT molecular complexity index is 1220. The molecule has 0 bridgehead atoms. The molecule has 0 amide bonds. The number of aromatic nitrogens is 2. The van der Waals surface area contributed by atoms with Crippen LogP contribution in [0, 0.1) is 0 Å². The molecule has 1 aromatic carbocycles. The number of aromatic amines is 2. The van der Waals surface area contributed by atoms with Gasteiger partial charge in [-0.2, -0.15) is 4.31 Å². The molecule has 0 aliphatic heterocycles. The fourth-order valence-corrected chi connectivity index (χ4v) is 4.94. The van der Waals surface area contributed by atoms with Crippen molar-refractivity contribution < 1.29 is 28.5 Å². The van der Waals surface area contributed by atoms with Crippen LogP contribution in [0.2, 0.25) is 0 Å². The van der Waals surface area contributed by atoms with Gasteiger partial charge >= 0.3 is 5.97 Å². The Morgan fingerprint density at radius 1 is 1.13 bits per heavy atom. The number of carboxylic acid groups (broad SMARTS) is 1. The van der Waals surface area contributed by atoms with Crippen molar-refractivity contribution in [3.63, 3.8) is 0 Å². The summed E-state index contributed by atoms with van der Waals surface area (Å²) in [6.45, 7) is -1.11. The minimum absolute atomic E-state index is 0.0231. The van der Waals surface area contributed by atoms with Gasteiger partial charge in [-0.25, -0.2) is 8.42 Å². The van der Waals surface area contributed by atoms with Crippen LogP contribution in [0.25, 0.3) is 21.8 Å². The number of aryl methyl sites for hydroxylation is 1. The van der Waals surface area contributed by atoms with E-state index in [2.05, 4.69) is 9.97 Å². The van der Waals surface area contributed by atoms with Gasteiger partial charge in [0.05, 0.1) is 18.1 Å². The molecule has 30 heavy (non-hydrogen) atoms. The summed E-state index contributed by atoms with van der Waals surface area (Å²) >= 11 is 0. The first kappa shape index (κ1) is 22.0. The number of aliphatic hydroxyl groups excluding tert-OH is 2. The molecule has 0 unspecified atom stereocenters. The number of benzene rings is 1. The number of carboxylic acids is 1. The fourth-order valence-electron chi connectivity index (χ4n) is 3.49. The van der Waals surface area contributed by atoms with Crippen LogP contribution < -0.4 is 5.56 Å². The molecule has 0 atom stereocenters. The maximum Gasteiger partial charge on any atom is 0.303 e. The third kappa shape index (κ3) is 4.24. The number of aliphatic hydroxyl groups is 2. The predicted molar refractivity (Wildman–Crippen MR) is 110 cm³/mol. The van der Waals surface area contributed by atoms with Gasteiger partial charge in [-0.15, -0.1) is 0 Å². The van der Waals surface area contributed by atoms with Gasteiger partial charge in [-0.1, -0.05) is 0 Å². The maximum atomic E-state index is 13.0. The zero-order valence-corrected chi connectivity index (χ0v) is 16.9. The van der Waals surface area contributed by atoms with Gasteiger partial charge in [0.15, 0.2) is 0 Å². The summed E-state index contributed by atoms with van der Waals surface area (Å²) in [5, 5.41) is 28.3. The third-order valence-electron chi connectivity index (χ3n) is 4.87. The summed E-state index contributed by atoms with van der Waals surface area (Å²) < 4.78 is 27.0. The molecule has 2 aromatic heterocycles. The lowest BCUT2D eigenvalue weighted by Gasteiger charge is -2.20. The van der Waals surface area contributed by atoms with E-state index < -0.39 is 29.2 Å². The second-order valence-corrected chi connectivity index (χ2v) is 8.76. The van der Waals surface area contributed by atoms with E-state index in [1.165, 1.54) is 18.2 Å². The van der Waals surface area contributed by atoms with Gasteiger partial charge in [-0.05, 0) is 36.6 Å². The molecular weight excluding hydrogens is 414 g/mol. The predicted octanol–water partition coefficient (Wildman–Crippen LogP) is 0.392. The second-order valence-electron chi connectivity index (χ2n) is 6.82. The van der Waals surface area contributed by atoms with Crippen molar-refractivity contribution in [2.75, 3.05) is 26.3 Å². The van der Waals surface area contributed by atoms with Crippen LogP contribution in [0.3, 0.4) is 0 Å². The molecule has 5 N–H and O–H groups in total. The molecule has 0 saturated carbocycles. The highest BCUT2D eigenvalue weighted by atomic mass is 32.2. The van der Waals surface area contributed by atoms with E-state index in [0.29, 0.717) is 29.1 Å². The molecule has 0 aliphatic rings. The molecule has 0 saturated heterocycles. The van der Waals surface area contributed by atoms with E-state index in [1.807, 2.05) is 0 Å². The third-order valence-corrected chi connectivity index (χ3v) is 6.77. The van der Waals surface area contributed by atoms with E-state index in [0.717, 1.165) is 9.87 Å². The molecule has 10 nitrogen and oxygen atoms in total. The van der Waals surface area contributed by atoms with Crippen LogP contribution in [-0.2, 0) is 21.2 Å². The van der Waals surface area contributed by atoms with Crippen LogP contribution >= 0.6 is 0 Å². The zero-order valence-electron chi connectivity index (χ0n) is 16.1. The molecular formula is C19H23N3O7S. The molecule has 11 heteroatoms. The number of sulfonamides is 1. The Kier molecular flexibility index (Phi) is 6.56. The Balaban J connectivity index is 2.15. The first-order valence-electron chi connectivity index (χ1n) is 9.39. The molecule has 0 radical (unpaired) electrons. The summed E-state index contributed by atoms with van der Waals surface area (Å²) in [6.07, 6.45) is 2.38. The summed E-state index contributed by atoms with van der Waals surface area (Å²) in [5.74, 6) is -0.918. The van der Waals surface area contributed by atoms with Crippen molar-refractivity contribution >= 4 is 37.8 Å². The largest absolute Gasteiger partial charge is 0.481 e. The lowest BCUT2D eigenvalue weighted by Crippen LogP contribution is -2.35. The Morgan fingerprint density at radius 2 is 1.83 bits per heavy atom. The Labute approximate surface area is 171 Å². The maximum absolute atomic E-state index is 13.0. The van der Waals surface area contributed by atoms with Crippen LogP contribution in [0.4, 0.5) is 0 Å². The van der Waals surface area contributed by atoms with Crippen molar-refractivity contribution in [3.8, 4) is 0 Å². The number of nitrogens with one attached hydrogen (secondary N) is 2. The van der Waals surface area contributed by atoms with E-state index >= 15 is 0 Å². The highest BCUT2D eigenvalue weighted by Gasteiger charge is 2.24. The molecule has 0 spiro atoms. The van der Waals surface area contributed by atoms with E-state index in [4.69, 9.17) is 5.11 Å². The van der Waals surface area contributed by atoms with E-state index in [-0.39, 0.29) is 35.5 Å². The molecule has 162 valence electrons.